The van der Waals surface area contributed by atoms with Crippen molar-refractivity contribution in [3.05, 3.63) is 36.4 Å². The molecule has 15 heavy (non-hydrogen) atoms. The average Bonchev–Trinajstić information content (AvgIpc) is 2.62. The maximum Gasteiger partial charge on any atom is 0.417 e. The van der Waals surface area contributed by atoms with Gasteiger partial charge in [0, 0.05) is 24.2 Å². The van der Waals surface area contributed by atoms with Gasteiger partial charge in [0.05, 0.1) is 5.69 Å². The molecule has 5 heteroatoms. The Morgan fingerprint density at radius 3 is 2.93 bits per heavy atom. The van der Waals surface area contributed by atoms with Crippen molar-refractivity contribution in [2.45, 2.75) is 6.92 Å². The van der Waals surface area contributed by atoms with Crippen LogP contribution in [-0.4, -0.2) is 25.7 Å². The zero-order valence-electron chi connectivity index (χ0n) is 8.08. The van der Waals surface area contributed by atoms with E-state index in [1.807, 2.05) is 0 Å². The topological polar surface area (TPSA) is 68.0 Å². The number of nitrogens with zero attached hydrogens (tertiary/aromatic N) is 3. The number of pyridine rings is 1. The van der Waals surface area contributed by atoms with Crippen LogP contribution >= 0.6 is 0 Å². The molecule has 1 N–H and O–H groups in total. The van der Waals surface area contributed by atoms with Gasteiger partial charge in [0.1, 0.15) is 0 Å². The Hall–Kier alpha value is -2.17. The van der Waals surface area contributed by atoms with Gasteiger partial charge in [-0.05, 0) is 19.1 Å². The maximum absolute atomic E-state index is 10.9. The van der Waals surface area contributed by atoms with Crippen LogP contribution in [0, 0.1) is 6.92 Å². The summed E-state index contributed by atoms with van der Waals surface area (Å²) in [6.45, 7) is 1.75. The number of carboxylic acid groups (broad SMARTS) is 1. The average molecular weight is 203 g/mol. The lowest BCUT2D eigenvalue weighted by Crippen LogP contribution is -2.08. The molecule has 0 unspecified atom stereocenters. The van der Waals surface area contributed by atoms with E-state index in [4.69, 9.17) is 5.11 Å². The Balaban J connectivity index is 2.58. The second-order valence-electron chi connectivity index (χ2n) is 3.10. The van der Waals surface area contributed by atoms with E-state index in [1.54, 1.807) is 31.5 Å². The van der Waals surface area contributed by atoms with E-state index in [2.05, 4.69) is 9.97 Å². The summed E-state index contributed by atoms with van der Waals surface area (Å²) >= 11 is 0. The zero-order chi connectivity index (χ0) is 10.8. The van der Waals surface area contributed by atoms with E-state index < -0.39 is 6.09 Å². The quantitative estimate of drug-likeness (QED) is 0.767. The molecule has 5 nitrogen and oxygen atoms in total. The van der Waals surface area contributed by atoms with Crippen LogP contribution in [0.25, 0.3) is 11.4 Å². The minimum Gasteiger partial charge on any atom is -0.464 e. The highest BCUT2D eigenvalue weighted by Crippen LogP contribution is 2.17. The van der Waals surface area contributed by atoms with Crippen molar-refractivity contribution < 1.29 is 9.90 Å². The molecule has 0 aliphatic heterocycles. The molecule has 2 aromatic rings. The third-order valence-electron chi connectivity index (χ3n) is 1.95. The van der Waals surface area contributed by atoms with Crippen molar-refractivity contribution in [2.24, 2.45) is 0 Å². The predicted molar refractivity (Wildman–Crippen MR) is 53.6 cm³/mol. The third kappa shape index (κ3) is 1.71. The van der Waals surface area contributed by atoms with Crippen LogP contribution in [0.4, 0.5) is 4.79 Å². The Morgan fingerprint density at radius 1 is 1.53 bits per heavy atom. The van der Waals surface area contributed by atoms with Gasteiger partial charge in [0.2, 0.25) is 0 Å². The lowest BCUT2D eigenvalue weighted by molar-refractivity contribution is 0.196. The molecule has 0 fully saturated rings. The van der Waals surface area contributed by atoms with Gasteiger partial charge in [-0.2, -0.15) is 0 Å². The molecular weight excluding hydrogens is 194 g/mol. The Labute approximate surface area is 86.0 Å². The lowest BCUT2D eigenvalue weighted by Gasteiger charge is -2.00. The number of rotatable bonds is 1. The molecule has 0 atom stereocenters. The fraction of sp³-hybridized carbons (Fsp3) is 0.100. The van der Waals surface area contributed by atoms with Gasteiger partial charge in [0.15, 0.2) is 5.82 Å². The molecule has 0 aliphatic carbocycles. The Kier molecular flexibility index (Phi) is 2.21. The second kappa shape index (κ2) is 3.53. The monoisotopic (exact) mass is 203 g/mol. The first-order chi connectivity index (χ1) is 7.18. The molecule has 0 amide bonds. The van der Waals surface area contributed by atoms with Crippen LogP contribution in [0.2, 0.25) is 0 Å². The SMILES string of the molecule is Cc1cn(C(=O)O)c(-c2cccnc2)n1. The summed E-state index contributed by atoms with van der Waals surface area (Å²) in [7, 11) is 0. The molecule has 2 rings (SSSR count). The Bertz CT molecular complexity index is 491. The van der Waals surface area contributed by atoms with Crippen LogP contribution in [-0.2, 0) is 0 Å². The van der Waals surface area contributed by atoms with Crippen molar-refractivity contribution in [2.75, 3.05) is 0 Å². The van der Waals surface area contributed by atoms with Crippen LogP contribution in [0.15, 0.2) is 30.7 Å². The highest BCUT2D eigenvalue weighted by atomic mass is 16.4. The summed E-state index contributed by atoms with van der Waals surface area (Å²) in [6.07, 6.45) is 3.64. The van der Waals surface area contributed by atoms with Crippen LogP contribution in [0.5, 0.6) is 0 Å². The van der Waals surface area contributed by atoms with Gasteiger partial charge in [-0.3, -0.25) is 4.98 Å². The summed E-state index contributed by atoms with van der Waals surface area (Å²) in [5.41, 5.74) is 1.35. The van der Waals surface area contributed by atoms with E-state index >= 15 is 0 Å². The highest BCUT2D eigenvalue weighted by molar-refractivity contribution is 5.75. The standard InChI is InChI=1S/C10H9N3O2/c1-7-6-13(10(14)15)9(12-7)8-3-2-4-11-5-8/h2-6H,1H3,(H,14,15). The van der Waals surface area contributed by atoms with Crippen LogP contribution < -0.4 is 0 Å². The van der Waals surface area contributed by atoms with Crippen molar-refractivity contribution in [3.63, 3.8) is 0 Å². The van der Waals surface area contributed by atoms with E-state index in [0.717, 1.165) is 4.57 Å². The molecule has 0 saturated heterocycles. The molecule has 2 aromatic heterocycles. The summed E-state index contributed by atoms with van der Waals surface area (Å²) in [5, 5.41) is 8.94. The summed E-state index contributed by atoms with van der Waals surface area (Å²) in [5.74, 6) is 0.396. The van der Waals surface area contributed by atoms with Crippen molar-refractivity contribution >= 4 is 6.09 Å². The minimum atomic E-state index is -1.05. The molecule has 0 saturated carbocycles. The summed E-state index contributed by atoms with van der Waals surface area (Å²) in [4.78, 5) is 19.0. The number of aromatic nitrogens is 3. The number of hydrogen-bond donors (Lipinski definition) is 1. The lowest BCUT2D eigenvalue weighted by atomic mass is 10.3. The smallest absolute Gasteiger partial charge is 0.417 e. The molecule has 0 spiro atoms. The number of imidazole rings is 1. The molecule has 2 heterocycles. The fourth-order valence-corrected chi connectivity index (χ4v) is 1.34. The van der Waals surface area contributed by atoms with Gasteiger partial charge in [-0.15, -0.1) is 0 Å². The first kappa shape index (κ1) is 9.39. The summed E-state index contributed by atoms with van der Waals surface area (Å²) in [6, 6.07) is 3.51. The number of carbonyl (C=O) groups is 1. The second-order valence-corrected chi connectivity index (χ2v) is 3.10. The number of aryl methyl sites for hydroxylation is 1. The molecule has 0 bridgehead atoms. The normalized spacial score (nSPS) is 10.2. The molecule has 0 aromatic carbocycles. The van der Waals surface area contributed by atoms with Gasteiger partial charge in [-0.25, -0.2) is 14.3 Å². The Morgan fingerprint density at radius 2 is 2.33 bits per heavy atom. The van der Waals surface area contributed by atoms with Crippen molar-refractivity contribution in [1.82, 2.24) is 14.5 Å². The largest absolute Gasteiger partial charge is 0.464 e. The van der Waals surface area contributed by atoms with E-state index in [1.165, 1.54) is 6.20 Å². The molecule has 0 aliphatic rings. The van der Waals surface area contributed by atoms with Crippen molar-refractivity contribution in [1.29, 1.82) is 0 Å². The third-order valence-corrected chi connectivity index (χ3v) is 1.95. The van der Waals surface area contributed by atoms with Crippen LogP contribution in [0.3, 0.4) is 0 Å². The predicted octanol–water partition coefficient (Wildman–Crippen LogP) is 1.78. The van der Waals surface area contributed by atoms with Crippen molar-refractivity contribution in [3.8, 4) is 11.4 Å². The number of hydrogen-bond acceptors (Lipinski definition) is 3. The molecule has 76 valence electrons. The first-order valence-corrected chi connectivity index (χ1v) is 4.38. The molecule has 0 radical (unpaired) electrons. The minimum absolute atomic E-state index is 0.396. The van der Waals surface area contributed by atoms with E-state index in [-0.39, 0.29) is 0 Å². The van der Waals surface area contributed by atoms with Gasteiger partial charge in [-0.1, -0.05) is 0 Å². The van der Waals surface area contributed by atoms with Gasteiger partial charge in [0.25, 0.3) is 0 Å². The van der Waals surface area contributed by atoms with E-state index in [0.29, 0.717) is 17.1 Å². The van der Waals surface area contributed by atoms with Crippen LogP contribution in [0.1, 0.15) is 5.69 Å². The zero-order valence-corrected chi connectivity index (χ0v) is 8.08. The fourth-order valence-electron chi connectivity index (χ4n) is 1.34. The van der Waals surface area contributed by atoms with Gasteiger partial charge >= 0.3 is 6.09 Å². The van der Waals surface area contributed by atoms with E-state index in [9.17, 15) is 4.79 Å². The molecular formula is C10H9N3O2. The first-order valence-electron chi connectivity index (χ1n) is 4.38. The van der Waals surface area contributed by atoms with Gasteiger partial charge < -0.3 is 5.11 Å². The maximum atomic E-state index is 10.9. The summed E-state index contributed by atoms with van der Waals surface area (Å²) < 4.78 is 1.09. The highest BCUT2D eigenvalue weighted by Gasteiger charge is 2.12.